The lowest BCUT2D eigenvalue weighted by atomic mass is 10.1. The van der Waals surface area contributed by atoms with Crippen molar-refractivity contribution in [2.45, 2.75) is 13.0 Å². The van der Waals surface area contributed by atoms with Gasteiger partial charge in [0.25, 0.3) is 0 Å². The van der Waals surface area contributed by atoms with Crippen LogP contribution in [0.5, 0.6) is 0 Å². The van der Waals surface area contributed by atoms with Crippen LogP contribution in [0.25, 0.3) is 0 Å². The lowest BCUT2D eigenvalue weighted by molar-refractivity contribution is 0.884. The number of nitrogens with one attached hydrogen (secondary N) is 1. The van der Waals surface area contributed by atoms with E-state index < -0.39 is 0 Å². The van der Waals surface area contributed by atoms with E-state index in [1.54, 1.807) is 0 Å². The predicted octanol–water partition coefficient (Wildman–Crippen LogP) is 3.93. The van der Waals surface area contributed by atoms with Gasteiger partial charge in [0.15, 0.2) is 0 Å². The first kappa shape index (κ1) is 12.5. The van der Waals surface area contributed by atoms with Crippen LogP contribution < -0.4 is 10.2 Å². The minimum absolute atomic E-state index is 0.309. The van der Waals surface area contributed by atoms with Gasteiger partial charge >= 0.3 is 0 Å². The van der Waals surface area contributed by atoms with Crippen LogP contribution in [0.15, 0.2) is 54.6 Å². The maximum atomic E-state index is 3.53. The number of anilines is 2. The monoisotopic (exact) mass is 240 g/mol. The molecule has 0 saturated carbocycles. The van der Waals surface area contributed by atoms with Gasteiger partial charge in [-0.1, -0.05) is 36.4 Å². The van der Waals surface area contributed by atoms with Gasteiger partial charge < -0.3 is 10.2 Å². The Bertz CT molecular complexity index is 491. The summed E-state index contributed by atoms with van der Waals surface area (Å²) < 4.78 is 0. The van der Waals surface area contributed by atoms with Crippen molar-refractivity contribution in [2.75, 3.05) is 24.3 Å². The summed E-state index contributed by atoms with van der Waals surface area (Å²) in [6.07, 6.45) is 0. The molecule has 0 fully saturated rings. The third-order valence-corrected chi connectivity index (χ3v) is 3.05. The van der Waals surface area contributed by atoms with E-state index in [4.69, 9.17) is 0 Å². The lowest BCUT2D eigenvalue weighted by Crippen LogP contribution is -2.10. The molecule has 2 heteroatoms. The maximum Gasteiger partial charge on any atom is 0.0485 e. The van der Waals surface area contributed by atoms with Crippen LogP contribution in [0.3, 0.4) is 0 Å². The number of benzene rings is 2. The van der Waals surface area contributed by atoms with Gasteiger partial charge in [-0.3, -0.25) is 0 Å². The third kappa shape index (κ3) is 3.04. The first-order valence-electron chi connectivity index (χ1n) is 6.25. The van der Waals surface area contributed by atoms with E-state index in [1.165, 1.54) is 11.3 Å². The second-order valence-electron chi connectivity index (χ2n) is 4.72. The fourth-order valence-corrected chi connectivity index (χ4v) is 1.95. The van der Waals surface area contributed by atoms with Crippen molar-refractivity contribution in [3.05, 3.63) is 60.2 Å². The molecular weight excluding hydrogens is 220 g/mol. The molecule has 1 atom stereocenters. The quantitative estimate of drug-likeness (QED) is 0.871. The van der Waals surface area contributed by atoms with Crippen LogP contribution in [0.2, 0.25) is 0 Å². The Morgan fingerprint density at radius 3 is 2.33 bits per heavy atom. The molecule has 94 valence electrons. The number of hydrogen-bond acceptors (Lipinski definition) is 2. The van der Waals surface area contributed by atoms with Crippen molar-refractivity contribution in [2.24, 2.45) is 0 Å². The van der Waals surface area contributed by atoms with Gasteiger partial charge in [-0.15, -0.1) is 0 Å². The fourth-order valence-electron chi connectivity index (χ4n) is 1.95. The molecule has 18 heavy (non-hydrogen) atoms. The van der Waals surface area contributed by atoms with Crippen molar-refractivity contribution >= 4 is 11.4 Å². The first-order chi connectivity index (χ1) is 8.66. The molecule has 0 aliphatic rings. The van der Waals surface area contributed by atoms with Crippen LogP contribution in [0.4, 0.5) is 11.4 Å². The fraction of sp³-hybridized carbons (Fsp3) is 0.250. The molecule has 2 aromatic carbocycles. The third-order valence-electron chi connectivity index (χ3n) is 3.05. The van der Waals surface area contributed by atoms with Gasteiger partial charge in [0.2, 0.25) is 0 Å². The smallest absolute Gasteiger partial charge is 0.0485 e. The Morgan fingerprint density at radius 2 is 1.67 bits per heavy atom. The molecule has 0 spiro atoms. The van der Waals surface area contributed by atoms with E-state index in [0.29, 0.717) is 6.04 Å². The van der Waals surface area contributed by atoms with E-state index in [2.05, 4.69) is 79.8 Å². The van der Waals surface area contributed by atoms with Gasteiger partial charge in [-0.05, 0) is 30.7 Å². The van der Waals surface area contributed by atoms with Gasteiger partial charge in [0, 0.05) is 31.5 Å². The number of rotatable bonds is 4. The minimum Gasteiger partial charge on any atom is -0.378 e. The van der Waals surface area contributed by atoms with Crippen LogP contribution in [0.1, 0.15) is 18.5 Å². The van der Waals surface area contributed by atoms with Crippen molar-refractivity contribution in [3.63, 3.8) is 0 Å². The van der Waals surface area contributed by atoms with Crippen molar-refractivity contribution in [1.29, 1.82) is 0 Å². The highest BCUT2D eigenvalue weighted by Gasteiger charge is 2.05. The maximum absolute atomic E-state index is 3.53. The van der Waals surface area contributed by atoms with Gasteiger partial charge in [0.05, 0.1) is 0 Å². The SMILES string of the molecule is CC(Nc1cccc(N(C)C)c1)c1ccccc1. The van der Waals surface area contributed by atoms with Gasteiger partial charge in [0.1, 0.15) is 0 Å². The molecule has 0 aliphatic heterocycles. The Balaban J connectivity index is 2.12. The average Bonchev–Trinajstić information content (AvgIpc) is 2.40. The standard InChI is InChI=1S/C16H20N2/c1-13(14-8-5-4-6-9-14)17-15-10-7-11-16(12-15)18(2)3/h4-13,17H,1-3H3. The second-order valence-corrected chi connectivity index (χ2v) is 4.72. The molecule has 1 unspecified atom stereocenters. The summed E-state index contributed by atoms with van der Waals surface area (Å²) in [5, 5.41) is 3.53. The van der Waals surface area contributed by atoms with Crippen LogP contribution in [-0.4, -0.2) is 14.1 Å². The lowest BCUT2D eigenvalue weighted by Gasteiger charge is -2.18. The zero-order valence-electron chi connectivity index (χ0n) is 11.2. The highest BCUT2D eigenvalue weighted by atomic mass is 15.1. The number of hydrogen-bond donors (Lipinski definition) is 1. The minimum atomic E-state index is 0.309. The Labute approximate surface area is 109 Å². The molecule has 0 radical (unpaired) electrons. The summed E-state index contributed by atoms with van der Waals surface area (Å²) in [5.41, 5.74) is 3.66. The molecule has 0 aromatic heterocycles. The average molecular weight is 240 g/mol. The van der Waals surface area contributed by atoms with Gasteiger partial charge in [-0.25, -0.2) is 0 Å². The Kier molecular flexibility index (Phi) is 3.88. The zero-order chi connectivity index (χ0) is 13.0. The molecular formula is C16H20N2. The number of nitrogens with zero attached hydrogens (tertiary/aromatic N) is 1. The summed E-state index contributed by atoms with van der Waals surface area (Å²) >= 11 is 0. The summed E-state index contributed by atoms with van der Waals surface area (Å²) in [7, 11) is 4.11. The van der Waals surface area contributed by atoms with Crippen molar-refractivity contribution < 1.29 is 0 Å². The summed E-state index contributed by atoms with van der Waals surface area (Å²) in [5.74, 6) is 0. The molecule has 0 amide bonds. The highest BCUT2D eigenvalue weighted by molar-refractivity contribution is 5.58. The van der Waals surface area contributed by atoms with Crippen molar-refractivity contribution in [1.82, 2.24) is 0 Å². The largest absolute Gasteiger partial charge is 0.378 e. The Morgan fingerprint density at radius 1 is 0.944 bits per heavy atom. The molecule has 0 saturated heterocycles. The topological polar surface area (TPSA) is 15.3 Å². The van der Waals surface area contributed by atoms with Crippen molar-refractivity contribution in [3.8, 4) is 0 Å². The van der Waals surface area contributed by atoms with Gasteiger partial charge in [-0.2, -0.15) is 0 Å². The molecule has 0 bridgehead atoms. The molecule has 1 N–H and O–H groups in total. The molecule has 0 heterocycles. The van der Waals surface area contributed by atoms with E-state index in [-0.39, 0.29) is 0 Å². The van der Waals surface area contributed by atoms with E-state index >= 15 is 0 Å². The highest BCUT2D eigenvalue weighted by Crippen LogP contribution is 2.22. The molecule has 2 nitrogen and oxygen atoms in total. The first-order valence-corrected chi connectivity index (χ1v) is 6.25. The molecule has 2 aromatic rings. The van der Waals surface area contributed by atoms with Crippen LogP contribution >= 0.6 is 0 Å². The normalized spacial score (nSPS) is 11.9. The van der Waals surface area contributed by atoms with E-state index in [1.807, 2.05) is 6.07 Å². The molecule has 0 aliphatic carbocycles. The van der Waals surface area contributed by atoms with E-state index in [9.17, 15) is 0 Å². The zero-order valence-corrected chi connectivity index (χ0v) is 11.2. The summed E-state index contributed by atoms with van der Waals surface area (Å²) in [6, 6.07) is 19.3. The summed E-state index contributed by atoms with van der Waals surface area (Å²) in [4.78, 5) is 2.11. The Hall–Kier alpha value is -1.96. The predicted molar refractivity (Wildman–Crippen MR) is 79.2 cm³/mol. The second kappa shape index (κ2) is 5.58. The summed E-state index contributed by atoms with van der Waals surface area (Å²) in [6.45, 7) is 2.18. The van der Waals surface area contributed by atoms with E-state index in [0.717, 1.165) is 5.69 Å². The van der Waals surface area contributed by atoms with Crippen LogP contribution in [-0.2, 0) is 0 Å². The van der Waals surface area contributed by atoms with Crippen LogP contribution in [0, 0.1) is 0 Å². The molecule has 2 rings (SSSR count).